The number of para-hydroxylation sites is 1. The van der Waals surface area contributed by atoms with E-state index in [1.807, 2.05) is 36.4 Å². The Hall–Kier alpha value is -2.04. The van der Waals surface area contributed by atoms with Gasteiger partial charge in [0.1, 0.15) is 11.2 Å². The Morgan fingerprint density at radius 2 is 1.82 bits per heavy atom. The molecule has 0 saturated carbocycles. The largest absolute Gasteiger partial charge is 0.456 e. The quantitative estimate of drug-likeness (QED) is 0.676. The van der Waals surface area contributed by atoms with E-state index in [0.29, 0.717) is 0 Å². The zero-order chi connectivity index (χ0) is 11.7. The van der Waals surface area contributed by atoms with Crippen molar-refractivity contribution in [2.45, 2.75) is 0 Å². The van der Waals surface area contributed by atoms with Gasteiger partial charge in [-0.3, -0.25) is 10.3 Å². The van der Waals surface area contributed by atoms with E-state index in [1.54, 1.807) is 7.11 Å². The number of hydrogen-bond acceptors (Lipinski definition) is 4. The van der Waals surface area contributed by atoms with Gasteiger partial charge in [-0.25, -0.2) is 0 Å². The summed E-state index contributed by atoms with van der Waals surface area (Å²) in [6.45, 7) is 0. The predicted molar refractivity (Wildman–Crippen MR) is 67.5 cm³/mol. The van der Waals surface area contributed by atoms with Crippen LogP contribution in [0.15, 0.2) is 46.9 Å². The van der Waals surface area contributed by atoms with E-state index in [1.165, 1.54) is 0 Å². The van der Waals surface area contributed by atoms with Crippen LogP contribution in [0.3, 0.4) is 0 Å². The van der Waals surface area contributed by atoms with Gasteiger partial charge in [0.15, 0.2) is 0 Å². The lowest BCUT2D eigenvalue weighted by Crippen LogP contribution is -2.19. The Bertz CT molecular complexity index is 661. The molecule has 86 valence electrons. The van der Waals surface area contributed by atoms with Gasteiger partial charge in [0.05, 0.1) is 12.8 Å². The van der Waals surface area contributed by atoms with Crippen molar-refractivity contribution in [1.82, 2.24) is 5.59 Å². The van der Waals surface area contributed by atoms with Gasteiger partial charge in [-0.05, 0) is 18.2 Å². The summed E-state index contributed by atoms with van der Waals surface area (Å²) in [4.78, 5) is 4.73. The summed E-state index contributed by atoms with van der Waals surface area (Å²) in [5.41, 5.74) is 8.12. The summed E-state index contributed by atoms with van der Waals surface area (Å²) < 4.78 is 5.76. The molecule has 1 heterocycles. The normalized spacial score (nSPS) is 11.1. The van der Waals surface area contributed by atoms with Gasteiger partial charge in [0.25, 0.3) is 0 Å². The molecule has 0 saturated heterocycles. The summed E-state index contributed by atoms with van der Waals surface area (Å²) in [6, 6.07) is 13.9. The number of hydrazine groups is 1. The van der Waals surface area contributed by atoms with Crippen molar-refractivity contribution in [3.63, 3.8) is 0 Å². The lowest BCUT2D eigenvalue weighted by atomic mass is 10.1. The molecule has 0 aliphatic carbocycles. The van der Waals surface area contributed by atoms with E-state index < -0.39 is 0 Å². The van der Waals surface area contributed by atoms with Crippen LogP contribution < -0.4 is 11.0 Å². The molecule has 0 amide bonds. The topological polar surface area (TPSA) is 46.4 Å². The van der Waals surface area contributed by atoms with Crippen LogP contribution in [0.4, 0.5) is 5.69 Å². The summed E-state index contributed by atoms with van der Waals surface area (Å²) in [6.07, 6.45) is 0. The Labute approximate surface area is 98.1 Å². The van der Waals surface area contributed by atoms with Crippen molar-refractivity contribution in [2.75, 3.05) is 12.5 Å². The maximum absolute atomic E-state index is 5.76. The van der Waals surface area contributed by atoms with Gasteiger partial charge in [-0.1, -0.05) is 18.2 Å². The zero-order valence-electron chi connectivity index (χ0n) is 9.36. The lowest BCUT2D eigenvalue weighted by molar-refractivity contribution is 0.111. The second kappa shape index (κ2) is 4.08. The minimum absolute atomic E-state index is 0.856. The van der Waals surface area contributed by atoms with E-state index >= 15 is 0 Å². The third-order valence-corrected chi connectivity index (χ3v) is 2.68. The van der Waals surface area contributed by atoms with Crippen molar-refractivity contribution >= 4 is 27.6 Å². The van der Waals surface area contributed by atoms with Crippen LogP contribution in [0.2, 0.25) is 0 Å². The minimum Gasteiger partial charge on any atom is -0.456 e. The fourth-order valence-corrected chi connectivity index (χ4v) is 1.91. The molecule has 2 N–H and O–H groups in total. The monoisotopic (exact) mass is 228 g/mol. The average Bonchev–Trinajstić information content (AvgIpc) is 2.74. The van der Waals surface area contributed by atoms with Crippen LogP contribution >= 0.6 is 0 Å². The molecule has 0 radical (unpaired) electrons. The highest BCUT2D eigenvalue weighted by Gasteiger charge is 2.06. The first-order valence-electron chi connectivity index (χ1n) is 5.34. The fraction of sp³-hybridized carbons (Fsp3) is 0.0769. The van der Waals surface area contributed by atoms with Crippen molar-refractivity contribution in [3.8, 4) is 0 Å². The summed E-state index contributed by atoms with van der Waals surface area (Å²) in [5.74, 6) is 0. The maximum Gasteiger partial charge on any atom is 0.137 e. The molecule has 0 aliphatic heterocycles. The Kier molecular flexibility index (Phi) is 2.44. The average molecular weight is 228 g/mol. The Balaban J connectivity index is 2.13. The van der Waals surface area contributed by atoms with E-state index in [0.717, 1.165) is 27.6 Å². The highest BCUT2D eigenvalue weighted by Crippen LogP contribution is 2.29. The van der Waals surface area contributed by atoms with Crippen molar-refractivity contribution in [1.29, 1.82) is 0 Å². The molecule has 0 spiro atoms. The first kappa shape index (κ1) is 10.1. The summed E-state index contributed by atoms with van der Waals surface area (Å²) in [7, 11) is 1.55. The van der Waals surface area contributed by atoms with Crippen molar-refractivity contribution < 1.29 is 9.25 Å². The molecule has 1 aromatic heterocycles. The van der Waals surface area contributed by atoms with Gasteiger partial charge < -0.3 is 4.42 Å². The van der Waals surface area contributed by atoms with Crippen LogP contribution in [0.25, 0.3) is 21.9 Å². The van der Waals surface area contributed by atoms with E-state index in [4.69, 9.17) is 9.25 Å². The van der Waals surface area contributed by atoms with E-state index in [-0.39, 0.29) is 0 Å². The van der Waals surface area contributed by atoms with E-state index in [2.05, 4.69) is 17.1 Å². The molecule has 3 rings (SSSR count). The van der Waals surface area contributed by atoms with Gasteiger partial charge in [-0.2, -0.15) is 0 Å². The molecule has 0 fully saturated rings. The van der Waals surface area contributed by atoms with Gasteiger partial charge >= 0.3 is 0 Å². The molecule has 3 aromatic rings. The molecule has 0 unspecified atom stereocenters. The van der Waals surface area contributed by atoms with Crippen LogP contribution in [0, 0.1) is 0 Å². The predicted octanol–water partition coefficient (Wildman–Crippen LogP) is 3.06. The number of hydrogen-bond donors (Lipinski definition) is 2. The van der Waals surface area contributed by atoms with Gasteiger partial charge in [0, 0.05) is 16.8 Å². The van der Waals surface area contributed by atoms with Crippen LogP contribution in [-0.2, 0) is 4.84 Å². The van der Waals surface area contributed by atoms with Crippen LogP contribution in [0.5, 0.6) is 0 Å². The smallest absolute Gasteiger partial charge is 0.137 e. The first-order chi connectivity index (χ1) is 8.38. The second-order valence-corrected chi connectivity index (χ2v) is 3.74. The van der Waals surface area contributed by atoms with Crippen LogP contribution in [0.1, 0.15) is 0 Å². The maximum atomic E-state index is 5.76. The van der Waals surface area contributed by atoms with Gasteiger partial charge in [0.2, 0.25) is 0 Å². The number of rotatable bonds is 3. The number of furan rings is 1. The molecule has 0 aliphatic rings. The molecule has 0 atom stereocenters. The van der Waals surface area contributed by atoms with Crippen molar-refractivity contribution in [3.05, 3.63) is 42.5 Å². The first-order valence-corrected chi connectivity index (χ1v) is 5.34. The SMILES string of the molecule is CONNc1ccc2c(c1)oc1ccccc12. The molecule has 4 nitrogen and oxygen atoms in total. The Morgan fingerprint density at radius 1 is 1.00 bits per heavy atom. The number of anilines is 1. The fourth-order valence-electron chi connectivity index (χ4n) is 1.91. The molecule has 4 heteroatoms. The molecular formula is C13H12N2O2. The Morgan fingerprint density at radius 3 is 2.71 bits per heavy atom. The third-order valence-electron chi connectivity index (χ3n) is 2.68. The zero-order valence-corrected chi connectivity index (χ0v) is 9.36. The highest BCUT2D eigenvalue weighted by atomic mass is 16.7. The summed E-state index contributed by atoms with van der Waals surface area (Å²) in [5, 5.41) is 2.25. The number of fused-ring (bicyclic) bond motifs is 3. The standard InChI is InChI=1S/C13H12N2O2/c1-16-15-14-9-6-7-11-10-4-2-3-5-12(10)17-13(11)8-9/h2-8,14-15H,1H3. The molecule has 0 bridgehead atoms. The van der Waals surface area contributed by atoms with Gasteiger partial charge in [-0.15, -0.1) is 5.59 Å². The molecule has 17 heavy (non-hydrogen) atoms. The number of benzene rings is 2. The highest BCUT2D eigenvalue weighted by molar-refractivity contribution is 6.05. The summed E-state index contributed by atoms with van der Waals surface area (Å²) >= 11 is 0. The van der Waals surface area contributed by atoms with Crippen LogP contribution in [-0.4, -0.2) is 7.11 Å². The lowest BCUT2D eigenvalue weighted by Gasteiger charge is -2.04. The van der Waals surface area contributed by atoms with Crippen molar-refractivity contribution in [2.24, 2.45) is 0 Å². The molecule has 2 aromatic carbocycles. The number of nitrogens with one attached hydrogen (secondary N) is 2. The second-order valence-electron chi connectivity index (χ2n) is 3.74. The van der Waals surface area contributed by atoms with E-state index in [9.17, 15) is 0 Å². The third kappa shape index (κ3) is 1.73. The molecular weight excluding hydrogens is 216 g/mol. The minimum atomic E-state index is 0.856.